The van der Waals surface area contributed by atoms with E-state index in [0.29, 0.717) is 11.5 Å². The van der Waals surface area contributed by atoms with Crippen LogP contribution in [-0.2, 0) is 9.53 Å². The van der Waals surface area contributed by atoms with E-state index < -0.39 is 0 Å². The molecule has 0 amide bonds. The molecule has 0 radical (unpaired) electrons. The van der Waals surface area contributed by atoms with Crippen LogP contribution in [0.4, 0.5) is 0 Å². The van der Waals surface area contributed by atoms with Gasteiger partial charge in [-0.2, -0.15) is 0 Å². The summed E-state index contributed by atoms with van der Waals surface area (Å²) in [7, 11) is 3.72. The molecule has 92 valence electrons. The van der Waals surface area contributed by atoms with E-state index in [1.807, 2.05) is 37.2 Å². The van der Waals surface area contributed by atoms with Crippen LogP contribution < -0.4 is 0 Å². The number of carbonyl (C=O) groups is 1. The molecule has 0 saturated heterocycles. The van der Waals surface area contributed by atoms with Crippen molar-refractivity contribution in [2.45, 2.75) is 11.9 Å². The Morgan fingerprint density at radius 2 is 2.29 bits per heavy atom. The number of pyridine rings is 1. The molecule has 0 aliphatic carbocycles. The van der Waals surface area contributed by atoms with E-state index in [1.165, 1.54) is 11.8 Å². The maximum Gasteiger partial charge on any atom is 0.346 e. The van der Waals surface area contributed by atoms with Crippen molar-refractivity contribution in [3.05, 3.63) is 35.5 Å². The van der Waals surface area contributed by atoms with Crippen LogP contribution in [0.3, 0.4) is 0 Å². The van der Waals surface area contributed by atoms with Crippen molar-refractivity contribution >= 4 is 17.7 Å². The molecule has 0 aliphatic heterocycles. The molecule has 0 bridgehead atoms. The Labute approximate surface area is 106 Å². The smallest absolute Gasteiger partial charge is 0.346 e. The third kappa shape index (κ3) is 4.91. The van der Waals surface area contributed by atoms with E-state index in [0.717, 1.165) is 5.03 Å². The number of aromatic nitrogens is 1. The highest BCUT2D eigenvalue weighted by Gasteiger charge is 2.13. The second-order valence-corrected chi connectivity index (χ2v) is 4.51. The minimum absolute atomic E-state index is 0.322. The van der Waals surface area contributed by atoms with Crippen molar-refractivity contribution < 1.29 is 9.53 Å². The van der Waals surface area contributed by atoms with Gasteiger partial charge in [0.25, 0.3) is 0 Å². The molecule has 0 spiro atoms. The first kappa shape index (κ1) is 13.6. The molecule has 0 aliphatic rings. The van der Waals surface area contributed by atoms with Crippen molar-refractivity contribution in [3.63, 3.8) is 0 Å². The second kappa shape index (κ2) is 6.96. The van der Waals surface area contributed by atoms with E-state index in [-0.39, 0.29) is 5.97 Å². The molecule has 0 fully saturated rings. The minimum atomic E-state index is -0.322. The van der Waals surface area contributed by atoms with Crippen LogP contribution in [0.5, 0.6) is 0 Å². The van der Waals surface area contributed by atoms with Crippen LogP contribution in [0.25, 0.3) is 0 Å². The molecule has 1 aromatic heterocycles. The number of ether oxygens (including phenoxy) is 1. The van der Waals surface area contributed by atoms with Gasteiger partial charge in [-0.1, -0.05) is 17.8 Å². The summed E-state index contributed by atoms with van der Waals surface area (Å²) < 4.78 is 4.99. The molecule has 0 N–H and O–H groups in total. The summed E-state index contributed by atoms with van der Waals surface area (Å²) in [6.07, 6.45) is 3.43. The Balaban J connectivity index is 2.81. The van der Waals surface area contributed by atoms with Gasteiger partial charge in [0.1, 0.15) is 9.93 Å². The zero-order valence-corrected chi connectivity index (χ0v) is 11.0. The number of thioether (sulfide) groups is 1. The summed E-state index contributed by atoms with van der Waals surface area (Å²) in [4.78, 5) is 18.2. The van der Waals surface area contributed by atoms with E-state index in [9.17, 15) is 4.79 Å². The fourth-order valence-electron chi connectivity index (χ4n) is 1.08. The van der Waals surface area contributed by atoms with Crippen LogP contribution in [-0.4, -0.2) is 36.6 Å². The van der Waals surface area contributed by atoms with Crippen LogP contribution in [0.1, 0.15) is 6.92 Å². The van der Waals surface area contributed by atoms with Crippen LogP contribution in [0.15, 0.2) is 40.5 Å². The highest BCUT2D eigenvalue weighted by molar-refractivity contribution is 8.03. The lowest BCUT2D eigenvalue weighted by Gasteiger charge is -2.10. The van der Waals surface area contributed by atoms with Crippen molar-refractivity contribution in [1.29, 1.82) is 0 Å². The lowest BCUT2D eigenvalue weighted by molar-refractivity contribution is -0.137. The van der Waals surface area contributed by atoms with Crippen LogP contribution in [0, 0.1) is 0 Å². The van der Waals surface area contributed by atoms with Crippen molar-refractivity contribution in [3.8, 4) is 0 Å². The van der Waals surface area contributed by atoms with E-state index in [1.54, 1.807) is 19.3 Å². The quantitative estimate of drug-likeness (QED) is 0.456. The summed E-state index contributed by atoms with van der Waals surface area (Å²) >= 11 is 1.30. The lowest BCUT2D eigenvalue weighted by atomic mass is 10.5. The lowest BCUT2D eigenvalue weighted by Crippen LogP contribution is -2.10. The van der Waals surface area contributed by atoms with Gasteiger partial charge in [0.05, 0.1) is 6.61 Å². The average molecular weight is 252 g/mol. The fourth-order valence-corrected chi connectivity index (χ4v) is 1.97. The second-order valence-electron chi connectivity index (χ2n) is 3.45. The predicted molar refractivity (Wildman–Crippen MR) is 68.5 cm³/mol. The Bertz CT molecular complexity index is 391. The first-order chi connectivity index (χ1) is 8.13. The standard InChI is InChI=1S/C12H16N2O2S/c1-4-16-12(15)10(9-14(2)3)17-11-7-5-6-8-13-11/h5-9H,4H2,1-3H3/b10-9+. The molecule has 0 saturated carbocycles. The van der Waals surface area contributed by atoms with Gasteiger partial charge in [-0.15, -0.1) is 0 Å². The van der Waals surface area contributed by atoms with Gasteiger partial charge in [0.2, 0.25) is 0 Å². The van der Waals surface area contributed by atoms with E-state index in [4.69, 9.17) is 4.74 Å². The molecule has 17 heavy (non-hydrogen) atoms. The van der Waals surface area contributed by atoms with Crippen molar-refractivity contribution in [1.82, 2.24) is 9.88 Å². The van der Waals surface area contributed by atoms with Gasteiger partial charge >= 0.3 is 5.97 Å². The molecule has 4 nitrogen and oxygen atoms in total. The number of nitrogens with zero attached hydrogens (tertiary/aromatic N) is 2. The highest BCUT2D eigenvalue weighted by Crippen LogP contribution is 2.25. The SMILES string of the molecule is CCOC(=O)/C(=C\N(C)C)Sc1ccccn1. The van der Waals surface area contributed by atoms with Crippen LogP contribution in [0.2, 0.25) is 0 Å². The fraction of sp³-hybridized carbons (Fsp3) is 0.333. The third-order valence-electron chi connectivity index (χ3n) is 1.70. The Kier molecular flexibility index (Phi) is 5.56. The first-order valence-corrected chi connectivity index (χ1v) is 6.09. The summed E-state index contributed by atoms with van der Waals surface area (Å²) in [5.74, 6) is -0.322. The molecule has 0 aromatic carbocycles. The topological polar surface area (TPSA) is 42.4 Å². The summed E-state index contributed by atoms with van der Waals surface area (Å²) in [6, 6.07) is 5.57. The van der Waals surface area contributed by atoms with Crippen LogP contribution >= 0.6 is 11.8 Å². The maximum atomic E-state index is 11.7. The van der Waals surface area contributed by atoms with Crippen molar-refractivity contribution in [2.24, 2.45) is 0 Å². The predicted octanol–water partition coefficient (Wildman–Crippen LogP) is 2.14. The van der Waals surface area contributed by atoms with Gasteiger partial charge in [-0.25, -0.2) is 9.78 Å². The summed E-state index contributed by atoms with van der Waals surface area (Å²) in [5, 5.41) is 0.772. The van der Waals surface area contributed by atoms with Crippen molar-refractivity contribution in [2.75, 3.05) is 20.7 Å². The summed E-state index contributed by atoms with van der Waals surface area (Å²) in [5.41, 5.74) is 0. The zero-order valence-electron chi connectivity index (χ0n) is 10.2. The minimum Gasteiger partial charge on any atom is -0.462 e. The normalized spacial score (nSPS) is 11.1. The van der Waals surface area contributed by atoms with E-state index in [2.05, 4.69) is 4.98 Å². The van der Waals surface area contributed by atoms with E-state index >= 15 is 0 Å². The average Bonchev–Trinajstić information content (AvgIpc) is 2.29. The maximum absolute atomic E-state index is 11.7. The van der Waals surface area contributed by atoms with Gasteiger partial charge in [-0.05, 0) is 19.1 Å². The number of hydrogen-bond acceptors (Lipinski definition) is 5. The van der Waals surface area contributed by atoms with Gasteiger partial charge < -0.3 is 9.64 Å². The number of esters is 1. The Morgan fingerprint density at radius 3 is 2.82 bits per heavy atom. The monoisotopic (exact) mass is 252 g/mol. The van der Waals surface area contributed by atoms with Gasteiger partial charge in [0, 0.05) is 26.5 Å². The number of hydrogen-bond donors (Lipinski definition) is 0. The molecular formula is C12H16N2O2S. The number of rotatable bonds is 5. The molecular weight excluding hydrogens is 236 g/mol. The zero-order chi connectivity index (χ0) is 12.7. The first-order valence-electron chi connectivity index (χ1n) is 5.27. The summed E-state index contributed by atoms with van der Waals surface area (Å²) in [6.45, 7) is 2.16. The Morgan fingerprint density at radius 1 is 1.53 bits per heavy atom. The largest absolute Gasteiger partial charge is 0.462 e. The van der Waals surface area contributed by atoms with Gasteiger partial charge in [-0.3, -0.25) is 0 Å². The molecule has 0 unspecified atom stereocenters. The molecule has 0 atom stereocenters. The molecule has 5 heteroatoms. The Hall–Kier alpha value is -1.49. The molecule has 1 aromatic rings. The highest BCUT2D eigenvalue weighted by atomic mass is 32.2. The molecule has 1 heterocycles. The third-order valence-corrected chi connectivity index (χ3v) is 2.65. The van der Waals surface area contributed by atoms with Gasteiger partial charge in [0.15, 0.2) is 0 Å². The molecule has 1 rings (SSSR count). The number of carbonyl (C=O) groups excluding carboxylic acids is 1.